The monoisotopic (exact) mass is 267 g/mol. The Morgan fingerprint density at radius 3 is 2.75 bits per heavy atom. The second-order valence-electron chi connectivity index (χ2n) is 4.38. The number of ether oxygens (including phenoxy) is 1. The number of carboxylic acid groups (broad SMARTS) is 1. The minimum atomic E-state index is -0.893. The molecule has 0 bridgehead atoms. The highest BCUT2D eigenvalue weighted by molar-refractivity contribution is 5.70. The third-order valence-electron chi connectivity index (χ3n) is 2.81. The zero-order valence-electron chi connectivity index (χ0n) is 11.0. The zero-order chi connectivity index (χ0) is 14.5. The summed E-state index contributed by atoms with van der Waals surface area (Å²) < 4.78 is 5.74. The minimum Gasteiger partial charge on any atom is -0.481 e. The van der Waals surface area contributed by atoms with Gasteiger partial charge in [-0.15, -0.1) is 0 Å². The van der Waals surface area contributed by atoms with Crippen molar-refractivity contribution in [2.75, 3.05) is 0 Å². The summed E-state index contributed by atoms with van der Waals surface area (Å²) in [5, 5.41) is 17.9. The van der Waals surface area contributed by atoms with Gasteiger partial charge < -0.3 is 9.84 Å². The smallest absolute Gasteiger partial charge is 0.307 e. The maximum absolute atomic E-state index is 10.7. The van der Waals surface area contributed by atoms with Crippen LogP contribution in [0.15, 0.2) is 42.5 Å². The lowest BCUT2D eigenvalue weighted by atomic mass is 10.1. The number of nitriles is 1. The van der Waals surface area contributed by atoms with Crippen molar-refractivity contribution in [1.82, 2.24) is 0 Å². The Kier molecular flexibility index (Phi) is 4.02. The largest absolute Gasteiger partial charge is 0.481 e. The Hall–Kier alpha value is -2.80. The number of hydrogen-bond acceptors (Lipinski definition) is 3. The van der Waals surface area contributed by atoms with Crippen molar-refractivity contribution >= 4 is 5.97 Å². The van der Waals surface area contributed by atoms with Crippen molar-refractivity contribution < 1.29 is 14.6 Å². The molecular formula is C16H13NO3. The summed E-state index contributed by atoms with van der Waals surface area (Å²) in [5.74, 6) is 0.132. The number of aryl methyl sites for hydroxylation is 1. The van der Waals surface area contributed by atoms with Crippen molar-refractivity contribution in [3.63, 3.8) is 0 Å². The molecule has 0 saturated heterocycles. The van der Waals surface area contributed by atoms with Crippen LogP contribution in [-0.2, 0) is 11.2 Å². The summed E-state index contributed by atoms with van der Waals surface area (Å²) in [7, 11) is 0. The third kappa shape index (κ3) is 3.15. The molecule has 2 aromatic carbocycles. The molecule has 0 fully saturated rings. The Morgan fingerprint density at radius 2 is 2.05 bits per heavy atom. The summed E-state index contributed by atoms with van der Waals surface area (Å²) in [6.45, 7) is 1.86. The second kappa shape index (κ2) is 5.89. The first kappa shape index (κ1) is 13.6. The summed E-state index contributed by atoms with van der Waals surface area (Å²) in [6, 6.07) is 14.3. The molecule has 1 N–H and O–H groups in total. The topological polar surface area (TPSA) is 70.3 Å². The molecular weight excluding hydrogens is 254 g/mol. The lowest BCUT2D eigenvalue weighted by Crippen LogP contribution is -2.00. The van der Waals surface area contributed by atoms with Gasteiger partial charge in [0.05, 0.1) is 12.0 Å². The van der Waals surface area contributed by atoms with Crippen LogP contribution in [0, 0.1) is 18.3 Å². The number of hydrogen-bond donors (Lipinski definition) is 1. The number of para-hydroxylation sites is 1. The normalized spacial score (nSPS) is 9.80. The van der Waals surface area contributed by atoms with Gasteiger partial charge in [-0.1, -0.05) is 24.3 Å². The fourth-order valence-electron chi connectivity index (χ4n) is 1.89. The predicted octanol–water partition coefficient (Wildman–Crippen LogP) is 3.29. The fourth-order valence-corrected chi connectivity index (χ4v) is 1.89. The Labute approximate surface area is 116 Å². The maximum atomic E-state index is 10.7. The van der Waals surface area contributed by atoms with E-state index in [4.69, 9.17) is 15.1 Å². The first-order valence-electron chi connectivity index (χ1n) is 6.08. The quantitative estimate of drug-likeness (QED) is 0.922. The molecule has 0 aromatic heterocycles. The lowest BCUT2D eigenvalue weighted by molar-refractivity contribution is -0.136. The van der Waals surface area contributed by atoms with Crippen LogP contribution in [0.3, 0.4) is 0 Å². The standard InChI is InChI=1S/C16H13NO3/c1-11-4-2-6-13(10-17)16(11)20-14-7-3-5-12(8-14)9-15(18)19/h2-8H,9H2,1H3,(H,18,19). The SMILES string of the molecule is Cc1cccc(C#N)c1Oc1cccc(CC(=O)O)c1. The molecule has 4 nitrogen and oxygen atoms in total. The first-order valence-corrected chi connectivity index (χ1v) is 6.08. The van der Waals surface area contributed by atoms with E-state index in [1.165, 1.54) is 0 Å². The van der Waals surface area contributed by atoms with E-state index >= 15 is 0 Å². The number of carboxylic acids is 1. The van der Waals surface area contributed by atoms with Crippen molar-refractivity contribution in [3.05, 3.63) is 59.2 Å². The van der Waals surface area contributed by atoms with Gasteiger partial charge in [-0.25, -0.2) is 0 Å². The molecule has 0 aliphatic heterocycles. The van der Waals surface area contributed by atoms with Gasteiger partial charge in [0.2, 0.25) is 0 Å². The highest BCUT2D eigenvalue weighted by Crippen LogP contribution is 2.29. The Balaban J connectivity index is 2.31. The molecule has 100 valence electrons. The molecule has 0 aliphatic carbocycles. The van der Waals surface area contributed by atoms with Crippen LogP contribution in [0.2, 0.25) is 0 Å². The van der Waals surface area contributed by atoms with E-state index in [9.17, 15) is 4.79 Å². The van der Waals surface area contributed by atoms with E-state index in [-0.39, 0.29) is 6.42 Å². The second-order valence-corrected chi connectivity index (χ2v) is 4.38. The molecule has 0 heterocycles. The summed E-state index contributed by atoms with van der Waals surface area (Å²) in [5.41, 5.74) is 1.96. The van der Waals surface area contributed by atoms with Gasteiger partial charge in [0.1, 0.15) is 17.6 Å². The van der Waals surface area contributed by atoms with E-state index in [0.29, 0.717) is 22.6 Å². The highest BCUT2D eigenvalue weighted by Gasteiger charge is 2.09. The van der Waals surface area contributed by atoms with Gasteiger partial charge in [-0.05, 0) is 36.2 Å². The molecule has 2 rings (SSSR count). The number of benzene rings is 2. The molecule has 0 radical (unpaired) electrons. The summed E-state index contributed by atoms with van der Waals surface area (Å²) in [4.78, 5) is 10.7. The number of aliphatic carboxylic acids is 1. The van der Waals surface area contributed by atoms with Crippen LogP contribution < -0.4 is 4.74 Å². The molecule has 4 heteroatoms. The first-order chi connectivity index (χ1) is 9.60. The number of rotatable bonds is 4. The van der Waals surface area contributed by atoms with Crippen LogP contribution in [0.1, 0.15) is 16.7 Å². The highest BCUT2D eigenvalue weighted by atomic mass is 16.5. The van der Waals surface area contributed by atoms with Crippen molar-refractivity contribution in [2.45, 2.75) is 13.3 Å². The van der Waals surface area contributed by atoms with Crippen LogP contribution >= 0.6 is 0 Å². The van der Waals surface area contributed by atoms with Crippen LogP contribution in [0.5, 0.6) is 11.5 Å². The van der Waals surface area contributed by atoms with Gasteiger partial charge in [0.25, 0.3) is 0 Å². The van der Waals surface area contributed by atoms with Crippen molar-refractivity contribution in [3.8, 4) is 17.6 Å². The number of carbonyl (C=O) groups is 1. The molecule has 0 saturated carbocycles. The van der Waals surface area contributed by atoms with Crippen LogP contribution in [-0.4, -0.2) is 11.1 Å². The van der Waals surface area contributed by atoms with Crippen LogP contribution in [0.4, 0.5) is 0 Å². The van der Waals surface area contributed by atoms with E-state index < -0.39 is 5.97 Å². The summed E-state index contributed by atoms with van der Waals surface area (Å²) in [6.07, 6.45) is -0.0594. The average Bonchev–Trinajstić information content (AvgIpc) is 2.41. The average molecular weight is 267 g/mol. The maximum Gasteiger partial charge on any atom is 0.307 e. The van der Waals surface area contributed by atoms with Gasteiger partial charge in [0.15, 0.2) is 0 Å². The minimum absolute atomic E-state index is 0.0594. The summed E-state index contributed by atoms with van der Waals surface area (Å²) >= 11 is 0. The van der Waals surface area contributed by atoms with Crippen LogP contribution in [0.25, 0.3) is 0 Å². The molecule has 0 spiro atoms. The van der Waals surface area contributed by atoms with Gasteiger partial charge >= 0.3 is 5.97 Å². The number of nitrogens with zero attached hydrogens (tertiary/aromatic N) is 1. The lowest BCUT2D eigenvalue weighted by Gasteiger charge is -2.11. The fraction of sp³-hybridized carbons (Fsp3) is 0.125. The van der Waals surface area contributed by atoms with Gasteiger partial charge in [-0.2, -0.15) is 5.26 Å². The Morgan fingerprint density at radius 1 is 1.30 bits per heavy atom. The van der Waals surface area contributed by atoms with E-state index in [2.05, 4.69) is 6.07 Å². The zero-order valence-corrected chi connectivity index (χ0v) is 11.0. The molecule has 2 aromatic rings. The van der Waals surface area contributed by atoms with Gasteiger partial charge in [0, 0.05) is 0 Å². The Bertz CT molecular complexity index is 686. The van der Waals surface area contributed by atoms with E-state index in [1.54, 1.807) is 36.4 Å². The molecule has 0 atom stereocenters. The van der Waals surface area contributed by atoms with Gasteiger partial charge in [-0.3, -0.25) is 4.79 Å². The van der Waals surface area contributed by atoms with E-state index in [0.717, 1.165) is 5.56 Å². The molecule has 0 amide bonds. The molecule has 0 unspecified atom stereocenters. The van der Waals surface area contributed by atoms with E-state index in [1.807, 2.05) is 13.0 Å². The third-order valence-corrected chi connectivity index (χ3v) is 2.81. The van der Waals surface area contributed by atoms with Crippen molar-refractivity contribution in [2.24, 2.45) is 0 Å². The van der Waals surface area contributed by atoms with Crippen molar-refractivity contribution in [1.29, 1.82) is 5.26 Å². The molecule has 0 aliphatic rings. The predicted molar refractivity (Wildman–Crippen MR) is 73.7 cm³/mol. The molecule has 20 heavy (non-hydrogen) atoms.